The number of amidine groups is 1. The maximum absolute atomic E-state index is 10.4. The molecule has 0 aromatic rings. The molecule has 78 valence electrons. The van der Waals surface area contributed by atoms with Crippen LogP contribution in [0.3, 0.4) is 0 Å². The topological polar surface area (TPSA) is 77.5 Å². The van der Waals surface area contributed by atoms with Gasteiger partial charge in [0.15, 0.2) is 17.5 Å². The molecule has 2 heterocycles. The number of carbonyl (C=O) groups excluding carboxylic acids is 1. The Morgan fingerprint density at radius 2 is 2.47 bits per heavy atom. The number of hydrazine groups is 1. The molecule has 0 aromatic carbocycles. The van der Waals surface area contributed by atoms with Gasteiger partial charge in [-0.25, -0.2) is 9.80 Å². The van der Waals surface area contributed by atoms with Crippen LogP contribution in [0.1, 0.15) is 6.92 Å². The number of nitrogens with zero attached hydrogens (tertiary/aromatic N) is 1. The number of fused-ring (bicyclic) bond motifs is 1. The molecule has 0 radical (unpaired) electrons. The number of rotatable bonds is 2. The molecule has 0 spiro atoms. The summed E-state index contributed by atoms with van der Waals surface area (Å²) in [6, 6.07) is 0. The minimum atomic E-state index is 0.159. The van der Waals surface area contributed by atoms with Crippen LogP contribution in [0.15, 0.2) is 29.6 Å². The highest BCUT2D eigenvalue weighted by atomic mass is 16.5. The van der Waals surface area contributed by atoms with Crippen LogP contribution < -0.4 is 10.7 Å². The summed E-state index contributed by atoms with van der Waals surface area (Å²) >= 11 is 0. The van der Waals surface area contributed by atoms with Crippen molar-refractivity contribution in [3.8, 4) is 0 Å². The summed E-state index contributed by atoms with van der Waals surface area (Å²) in [5.41, 5.74) is 2.99. The molecular weight excluding hydrogens is 196 g/mol. The molecule has 0 aromatic heterocycles. The van der Waals surface area contributed by atoms with Crippen molar-refractivity contribution in [2.75, 3.05) is 6.61 Å². The summed E-state index contributed by atoms with van der Waals surface area (Å²) in [7, 11) is 0. The monoisotopic (exact) mass is 206 g/mol. The molecule has 0 atom stereocenters. The van der Waals surface area contributed by atoms with E-state index < -0.39 is 0 Å². The maximum Gasteiger partial charge on any atom is 0.190 e. The Hall–Kier alpha value is -2.20. The lowest BCUT2D eigenvalue weighted by molar-refractivity contribution is 0.232. The standard InChI is InChI=1S/C9H10N4O2/c1-2-15-7-4-11-8-3-6(5-14)12-13(8)9(7)10/h3-4,10-12H,2H2,1H3. The molecule has 0 amide bonds. The van der Waals surface area contributed by atoms with Crippen molar-refractivity contribution in [1.29, 1.82) is 5.41 Å². The first-order valence-electron chi connectivity index (χ1n) is 4.48. The minimum Gasteiger partial charge on any atom is -0.488 e. The Bertz CT molecular complexity index is 418. The van der Waals surface area contributed by atoms with E-state index in [0.29, 0.717) is 18.2 Å². The zero-order chi connectivity index (χ0) is 10.8. The van der Waals surface area contributed by atoms with E-state index in [0.717, 1.165) is 0 Å². The van der Waals surface area contributed by atoms with Gasteiger partial charge in [-0.1, -0.05) is 0 Å². The van der Waals surface area contributed by atoms with Gasteiger partial charge in [-0.2, -0.15) is 0 Å². The summed E-state index contributed by atoms with van der Waals surface area (Å²) in [5, 5.41) is 12.1. The molecule has 0 bridgehead atoms. The van der Waals surface area contributed by atoms with Crippen molar-refractivity contribution in [3.05, 3.63) is 29.6 Å². The lowest BCUT2D eigenvalue weighted by atomic mass is 10.4. The lowest BCUT2D eigenvalue weighted by Crippen LogP contribution is -2.44. The molecule has 2 aliphatic heterocycles. The van der Waals surface area contributed by atoms with E-state index >= 15 is 0 Å². The third-order valence-corrected chi connectivity index (χ3v) is 1.97. The Morgan fingerprint density at radius 3 is 3.13 bits per heavy atom. The Kier molecular flexibility index (Phi) is 2.19. The van der Waals surface area contributed by atoms with Crippen LogP contribution in [0.4, 0.5) is 0 Å². The fourth-order valence-corrected chi connectivity index (χ4v) is 1.33. The maximum atomic E-state index is 10.4. The minimum absolute atomic E-state index is 0.159. The van der Waals surface area contributed by atoms with E-state index in [1.54, 1.807) is 18.2 Å². The van der Waals surface area contributed by atoms with Gasteiger partial charge >= 0.3 is 0 Å². The Morgan fingerprint density at radius 1 is 1.67 bits per heavy atom. The summed E-state index contributed by atoms with van der Waals surface area (Å²) in [6.07, 6.45) is 3.16. The van der Waals surface area contributed by atoms with Gasteiger partial charge in [-0.3, -0.25) is 10.8 Å². The average Bonchev–Trinajstić information content (AvgIpc) is 2.66. The van der Waals surface area contributed by atoms with Gasteiger partial charge in [0.2, 0.25) is 0 Å². The van der Waals surface area contributed by atoms with Crippen molar-refractivity contribution in [2.45, 2.75) is 6.92 Å². The van der Waals surface area contributed by atoms with E-state index in [-0.39, 0.29) is 11.5 Å². The molecule has 6 nitrogen and oxygen atoms in total. The van der Waals surface area contributed by atoms with E-state index in [1.807, 2.05) is 6.92 Å². The summed E-state index contributed by atoms with van der Waals surface area (Å²) in [4.78, 5) is 10.4. The second-order valence-corrected chi connectivity index (χ2v) is 2.93. The summed E-state index contributed by atoms with van der Waals surface area (Å²) in [6.45, 7) is 2.33. The second-order valence-electron chi connectivity index (χ2n) is 2.93. The molecule has 0 saturated carbocycles. The highest BCUT2D eigenvalue weighted by Gasteiger charge is 2.28. The SMILES string of the molecule is CCOC1=CNC2=CC(=C=O)NN2C1=N. The quantitative estimate of drug-likeness (QED) is 0.546. The van der Waals surface area contributed by atoms with E-state index in [1.165, 1.54) is 5.01 Å². The van der Waals surface area contributed by atoms with E-state index in [4.69, 9.17) is 10.1 Å². The number of hydrogen-bond donors (Lipinski definition) is 3. The molecule has 0 aliphatic carbocycles. The molecule has 0 saturated heterocycles. The van der Waals surface area contributed by atoms with E-state index in [2.05, 4.69) is 10.7 Å². The van der Waals surface area contributed by atoms with Crippen LogP contribution in [0.25, 0.3) is 0 Å². The molecule has 2 rings (SSSR count). The van der Waals surface area contributed by atoms with Crippen molar-refractivity contribution in [3.63, 3.8) is 0 Å². The highest BCUT2D eigenvalue weighted by molar-refractivity contribution is 5.96. The Balaban J connectivity index is 2.24. The van der Waals surface area contributed by atoms with Crippen molar-refractivity contribution in [1.82, 2.24) is 15.8 Å². The van der Waals surface area contributed by atoms with Gasteiger partial charge in [0.1, 0.15) is 11.5 Å². The first-order chi connectivity index (χ1) is 7.26. The zero-order valence-corrected chi connectivity index (χ0v) is 8.13. The summed E-state index contributed by atoms with van der Waals surface area (Å²) < 4.78 is 5.23. The number of nitrogens with one attached hydrogen (secondary N) is 3. The largest absolute Gasteiger partial charge is 0.488 e. The molecule has 0 fully saturated rings. The molecule has 2 aliphatic rings. The van der Waals surface area contributed by atoms with Crippen LogP contribution >= 0.6 is 0 Å². The molecule has 0 unspecified atom stereocenters. The molecule has 6 heteroatoms. The number of allylic oxidation sites excluding steroid dienone is 1. The fourth-order valence-electron chi connectivity index (χ4n) is 1.33. The first-order valence-corrected chi connectivity index (χ1v) is 4.48. The first kappa shape index (κ1) is 9.36. The zero-order valence-electron chi connectivity index (χ0n) is 8.13. The van der Waals surface area contributed by atoms with Gasteiger partial charge < -0.3 is 10.1 Å². The van der Waals surface area contributed by atoms with Crippen LogP contribution in [-0.2, 0) is 9.53 Å². The van der Waals surface area contributed by atoms with Gasteiger partial charge in [0, 0.05) is 12.3 Å². The second kappa shape index (κ2) is 3.51. The van der Waals surface area contributed by atoms with E-state index in [9.17, 15) is 4.79 Å². The molecular formula is C9H10N4O2. The van der Waals surface area contributed by atoms with Gasteiger partial charge in [0.25, 0.3) is 0 Å². The van der Waals surface area contributed by atoms with Crippen LogP contribution in [0.2, 0.25) is 0 Å². The average molecular weight is 206 g/mol. The molecule has 15 heavy (non-hydrogen) atoms. The van der Waals surface area contributed by atoms with Gasteiger partial charge in [-0.15, -0.1) is 0 Å². The number of hydrogen-bond acceptors (Lipinski definition) is 5. The van der Waals surface area contributed by atoms with Gasteiger partial charge in [0.05, 0.1) is 6.61 Å². The highest BCUT2D eigenvalue weighted by Crippen LogP contribution is 2.18. The van der Waals surface area contributed by atoms with Gasteiger partial charge in [-0.05, 0) is 6.92 Å². The normalized spacial score (nSPS) is 18.3. The van der Waals surface area contributed by atoms with Crippen molar-refractivity contribution >= 4 is 11.8 Å². The third-order valence-electron chi connectivity index (χ3n) is 1.97. The predicted molar refractivity (Wildman–Crippen MR) is 52.8 cm³/mol. The van der Waals surface area contributed by atoms with Crippen LogP contribution in [0, 0.1) is 5.41 Å². The predicted octanol–water partition coefficient (Wildman–Crippen LogP) is -0.178. The third kappa shape index (κ3) is 1.47. The van der Waals surface area contributed by atoms with Crippen molar-refractivity contribution < 1.29 is 9.53 Å². The lowest BCUT2D eigenvalue weighted by Gasteiger charge is -2.27. The smallest absolute Gasteiger partial charge is 0.190 e. The Labute approximate surface area is 86.4 Å². The summed E-state index contributed by atoms with van der Waals surface area (Å²) in [5.74, 6) is 2.92. The molecule has 3 N–H and O–H groups in total. The van der Waals surface area contributed by atoms with Crippen LogP contribution in [-0.4, -0.2) is 23.4 Å². The van der Waals surface area contributed by atoms with Crippen molar-refractivity contribution in [2.24, 2.45) is 0 Å². The fraction of sp³-hybridized carbons (Fsp3) is 0.222. The van der Waals surface area contributed by atoms with Crippen LogP contribution in [0.5, 0.6) is 0 Å². The number of ether oxygens (including phenoxy) is 1.